The lowest BCUT2D eigenvalue weighted by Gasteiger charge is -2.27. The molecule has 2 rings (SSSR count). The smallest absolute Gasteiger partial charge is 0.282 e. The van der Waals surface area contributed by atoms with Crippen LogP contribution in [0, 0.1) is 6.92 Å². The zero-order chi connectivity index (χ0) is 15.2. The van der Waals surface area contributed by atoms with Crippen molar-refractivity contribution in [3.05, 3.63) is 28.8 Å². The number of carbonyl (C=O) groups is 1. The SMILES string of the molecule is Cc1c(Cl)cccc1NC(=O)[C@H](C)[NH+]1CCCCCCC1. The minimum Gasteiger partial charge on any atom is -0.325 e. The van der Waals surface area contributed by atoms with Gasteiger partial charge in [0.25, 0.3) is 5.91 Å². The largest absolute Gasteiger partial charge is 0.325 e. The summed E-state index contributed by atoms with van der Waals surface area (Å²) in [5.41, 5.74) is 1.76. The molecule has 1 fully saturated rings. The topological polar surface area (TPSA) is 33.5 Å². The quantitative estimate of drug-likeness (QED) is 0.884. The van der Waals surface area contributed by atoms with Crippen LogP contribution in [-0.4, -0.2) is 25.0 Å². The fourth-order valence-corrected chi connectivity index (χ4v) is 3.14. The summed E-state index contributed by atoms with van der Waals surface area (Å²) in [5, 5.41) is 3.73. The molecule has 1 atom stereocenters. The maximum absolute atomic E-state index is 12.5. The third-order valence-electron chi connectivity index (χ3n) is 4.53. The van der Waals surface area contributed by atoms with Crippen LogP contribution in [0.3, 0.4) is 0 Å². The molecule has 0 aromatic heterocycles. The van der Waals surface area contributed by atoms with Gasteiger partial charge in [0, 0.05) is 10.7 Å². The van der Waals surface area contributed by atoms with Gasteiger partial charge in [0.1, 0.15) is 0 Å². The van der Waals surface area contributed by atoms with Crippen LogP contribution < -0.4 is 10.2 Å². The first kappa shape index (κ1) is 16.3. The Bertz CT molecular complexity index is 482. The fourth-order valence-electron chi connectivity index (χ4n) is 2.96. The number of carbonyl (C=O) groups excluding carboxylic acids is 1. The van der Waals surface area contributed by atoms with Crippen molar-refractivity contribution in [2.45, 2.75) is 52.0 Å². The molecule has 0 spiro atoms. The predicted octanol–water partition coefficient (Wildman–Crippen LogP) is 2.82. The zero-order valence-electron chi connectivity index (χ0n) is 13.0. The van der Waals surface area contributed by atoms with Crippen LogP contribution in [0.1, 0.15) is 44.6 Å². The molecule has 1 aliphatic rings. The van der Waals surface area contributed by atoms with Crippen LogP contribution in [0.5, 0.6) is 0 Å². The van der Waals surface area contributed by atoms with Gasteiger partial charge in [-0.1, -0.05) is 24.1 Å². The molecule has 1 amide bonds. The number of likely N-dealkylation sites (tertiary alicyclic amines) is 1. The van der Waals surface area contributed by atoms with Crippen molar-refractivity contribution in [1.29, 1.82) is 0 Å². The van der Waals surface area contributed by atoms with E-state index in [4.69, 9.17) is 11.6 Å². The Hall–Kier alpha value is -1.06. The standard InChI is InChI=1S/C17H25ClN2O/c1-13-15(18)9-8-10-16(13)19-17(21)14(2)20-11-6-4-3-5-7-12-20/h8-10,14H,3-7,11-12H2,1-2H3,(H,19,21)/p+1/t14-/m0/s1. The molecule has 0 radical (unpaired) electrons. The summed E-state index contributed by atoms with van der Waals surface area (Å²) in [6.07, 6.45) is 6.39. The monoisotopic (exact) mass is 309 g/mol. The summed E-state index contributed by atoms with van der Waals surface area (Å²) in [4.78, 5) is 13.9. The number of quaternary nitrogens is 1. The number of hydrogen-bond acceptors (Lipinski definition) is 1. The lowest BCUT2D eigenvalue weighted by Crippen LogP contribution is -3.16. The molecule has 0 aliphatic carbocycles. The maximum Gasteiger partial charge on any atom is 0.282 e. The number of anilines is 1. The summed E-state index contributed by atoms with van der Waals surface area (Å²) in [6.45, 7) is 6.17. The van der Waals surface area contributed by atoms with Crippen molar-refractivity contribution in [3.63, 3.8) is 0 Å². The number of amides is 1. The van der Waals surface area contributed by atoms with E-state index >= 15 is 0 Å². The number of halogens is 1. The van der Waals surface area contributed by atoms with Crippen molar-refractivity contribution in [3.8, 4) is 0 Å². The van der Waals surface area contributed by atoms with E-state index in [1.165, 1.54) is 37.0 Å². The highest BCUT2D eigenvalue weighted by Gasteiger charge is 2.25. The van der Waals surface area contributed by atoms with Gasteiger partial charge in [-0.25, -0.2) is 0 Å². The molecular weight excluding hydrogens is 284 g/mol. The number of hydrogen-bond donors (Lipinski definition) is 2. The molecule has 0 unspecified atom stereocenters. The van der Waals surface area contributed by atoms with Gasteiger partial charge >= 0.3 is 0 Å². The molecule has 0 bridgehead atoms. The third-order valence-corrected chi connectivity index (χ3v) is 4.94. The molecular formula is C17H26ClN2O+. The number of benzene rings is 1. The Labute approximate surface area is 132 Å². The molecule has 116 valence electrons. The van der Waals surface area contributed by atoms with Crippen molar-refractivity contribution in [2.75, 3.05) is 18.4 Å². The van der Waals surface area contributed by atoms with Gasteiger partial charge in [0.05, 0.1) is 13.1 Å². The molecule has 2 N–H and O–H groups in total. The Balaban J connectivity index is 1.99. The van der Waals surface area contributed by atoms with E-state index < -0.39 is 0 Å². The normalized spacial score (nSPS) is 18.6. The van der Waals surface area contributed by atoms with E-state index in [0.717, 1.165) is 24.3 Å². The summed E-state index contributed by atoms with van der Waals surface area (Å²) in [6, 6.07) is 5.62. The fraction of sp³-hybridized carbons (Fsp3) is 0.588. The van der Waals surface area contributed by atoms with Crippen LogP contribution in [0.2, 0.25) is 5.02 Å². The first-order valence-electron chi connectivity index (χ1n) is 8.00. The van der Waals surface area contributed by atoms with E-state index in [1.54, 1.807) is 0 Å². The highest BCUT2D eigenvalue weighted by Crippen LogP contribution is 2.22. The molecule has 1 aliphatic heterocycles. The van der Waals surface area contributed by atoms with Crippen LogP contribution in [-0.2, 0) is 4.79 Å². The van der Waals surface area contributed by atoms with Gasteiger partial charge in [-0.15, -0.1) is 0 Å². The molecule has 0 saturated carbocycles. The van der Waals surface area contributed by atoms with Gasteiger partial charge < -0.3 is 10.2 Å². The Kier molecular flexibility index (Phi) is 6.07. The average Bonchev–Trinajstić information content (AvgIpc) is 2.43. The average molecular weight is 310 g/mol. The summed E-state index contributed by atoms with van der Waals surface area (Å²) >= 11 is 6.11. The van der Waals surface area contributed by atoms with Crippen molar-refractivity contribution >= 4 is 23.2 Å². The van der Waals surface area contributed by atoms with Gasteiger partial charge in [0.2, 0.25) is 0 Å². The first-order chi connectivity index (χ1) is 10.1. The van der Waals surface area contributed by atoms with E-state index in [0.29, 0.717) is 5.02 Å². The van der Waals surface area contributed by atoms with Gasteiger partial charge in [-0.2, -0.15) is 0 Å². The van der Waals surface area contributed by atoms with E-state index in [2.05, 4.69) is 5.32 Å². The van der Waals surface area contributed by atoms with Crippen LogP contribution >= 0.6 is 11.6 Å². The number of rotatable bonds is 3. The van der Waals surface area contributed by atoms with E-state index in [1.807, 2.05) is 32.0 Å². The second-order valence-corrected chi connectivity index (χ2v) is 6.46. The van der Waals surface area contributed by atoms with Gasteiger partial charge in [-0.3, -0.25) is 4.79 Å². The minimum absolute atomic E-state index is 0.0125. The number of nitrogens with one attached hydrogen (secondary N) is 2. The highest BCUT2D eigenvalue weighted by molar-refractivity contribution is 6.31. The van der Waals surface area contributed by atoms with Crippen LogP contribution in [0.25, 0.3) is 0 Å². The zero-order valence-corrected chi connectivity index (χ0v) is 13.8. The molecule has 1 aromatic carbocycles. The minimum atomic E-state index is -0.0125. The molecule has 1 aromatic rings. The lowest BCUT2D eigenvalue weighted by atomic mass is 10.1. The molecule has 4 heteroatoms. The summed E-state index contributed by atoms with van der Waals surface area (Å²) in [7, 11) is 0. The Morgan fingerprint density at radius 2 is 1.81 bits per heavy atom. The Morgan fingerprint density at radius 1 is 1.19 bits per heavy atom. The maximum atomic E-state index is 12.5. The molecule has 1 heterocycles. The predicted molar refractivity (Wildman–Crippen MR) is 88.1 cm³/mol. The second-order valence-electron chi connectivity index (χ2n) is 6.05. The van der Waals surface area contributed by atoms with Gasteiger partial charge in [-0.05, 0) is 57.2 Å². The third kappa shape index (κ3) is 4.45. The van der Waals surface area contributed by atoms with Crippen LogP contribution in [0.4, 0.5) is 5.69 Å². The van der Waals surface area contributed by atoms with E-state index in [-0.39, 0.29) is 11.9 Å². The summed E-state index contributed by atoms with van der Waals surface area (Å²) in [5.74, 6) is 0.0935. The lowest BCUT2D eigenvalue weighted by molar-refractivity contribution is -0.914. The molecule has 1 saturated heterocycles. The van der Waals surface area contributed by atoms with Crippen molar-refractivity contribution in [1.82, 2.24) is 0 Å². The molecule has 21 heavy (non-hydrogen) atoms. The highest BCUT2D eigenvalue weighted by atomic mass is 35.5. The van der Waals surface area contributed by atoms with E-state index in [9.17, 15) is 4.79 Å². The molecule has 3 nitrogen and oxygen atoms in total. The first-order valence-corrected chi connectivity index (χ1v) is 8.38. The van der Waals surface area contributed by atoms with Crippen molar-refractivity contribution in [2.24, 2.45) is 0 Å². The van der Waals surface area contributed by atoms with Crippen LogP contribution in [0.15, 0.2) is 18.2 Å². The Morgan fingerprint density at radius 3 is 2.48 bits per heavy atom. The van der Waals surface area contributed by atoms with Gasteiger partial charge in [0.15, 0.2) is 6.04 Å². The van der Waals surface area contributed by atoms with Crippen molar-refractivity contribution < 1.29 is 9.69 Å². The summed E-state index contributed by atoms with van der Waals surface area (Å²) < 4.78 is 0. The second kappa shape index (κ2) is 7.81.